The van der Waals surface area contributed by atoms with Crippen LogP contribution in [0.2, 0.25) is 10.0 Å². The average Bonchev–Trinajstić information content (AvgIpc) is 3.15. The van der Waals surface area contributed by atoms with E-state index in [1.54, 1.807) is 54.6 Å². The van der Waals surface area contributed by atoms with Crippen LogP contribution in [0.25, 0.3) is 0 Å². The Morgan fingerprint density at radius 1 is 0.846 bits per heavy atom. The van der Waals surface area contributed by atoms with Crippen LogP contribution in [0.4, 0.5) is 17.1 Å². The maximum Gasteiger partial charge on any atom is 0.291 e. The molecule has 132 valence electrons. The van der Waals surface area contributed by atoms with E-state index in [2.05, 4.69) is 16.0 Å². The minimum absolute atomic E-state index is 0.249. The molecule has 1 aromatic heterocycles. The van der Waals surface area contributed by atoms with Crippen LogP contribution in [0.5, 0.6) is 0 Å². The summed E-state index contributed by atoms with van der Waals surface area (Å²) in [5.74, 6) is -0.0632. The summed E-state index contributed by atoms with van der Waals surface area (Å²) >= 11 is 17.1. The number of carbonyl (C=O) groups excluding carboxylic acids is 1. The van der Waals surface area contributed by atoms with Crippen LogP contribution in [0.15, 0.2) is 65.3 Å². The second-order valence-corrected chi connectivity index (χ2v) is 6.44. The van der Waals surface area contributed by atoms with Crippen molar-refractivity contribution in [1.82, 2.24) is 0 Å². The van der Waals surface area contributed by atoms with Gasteiger partial charge in [-0.2, -0.15) is 0 Å². The maximum atomic E-state index is 11.9. The molecule has 3 N–H and O–H groups in total. The third-order valence-electron chi connectivity index (χ3n) is 3.32. The predicted molar refractivity (Wildman–Crippen MR) is 109 cm³/mol. The predicted octanol–water partition coefficient (Wildman–Crippen LogP) is 5.65. The molecule has 3 rings (SSSR count). The van der Waals surface area contributed by atoms with Crippen molar-refractivity contribution < 1.29 is 9.21 Å². The number of anilines is 3. The molecule has 0 aliphatic carbocycles. The van der Waals surface area contributed by atoms with E-state index in [9.17, 15) is 4.79 Å². The molecule has 0 radical (unpaired) electrons. The summed E-state index contributed by atoms with van der Waals surface area (Å²) < 4.78 is 5.05. The number of hydrogen-bond acceptors (Lipinski definition) is 3. The SMILES string of the molecule is O=C(Nc1ccc(NC(=S)Nc2ccc(Cl)c(Cl)c2)cc1)c1ccco1. The average molecular weight is 406 g/mol. The van der Waals surface area contributed by atoms with Gasteiger partial charge in [0.2, 0.25) is 0 Å². The minimum atomic E-state index is -0.312. The number of thiocarbonyl (C=S) groups is 1. The summed E-state index contributed by atoms with van der Waals surface area (Å²) in [6, 6.07) is 15.5. The highest BCUT2D eigenvalue weighted by molar-refractivity contribution is 7.80. The first-order chi connectivity index (χ1) is 12.5. The Bertz CT molecular complexity index is 928. The molecule has 0 atom stereocenters. The fourth-order valence-electron chi connectivity index (χ4n) is 2.10. The van der Waals surface area contributed by atoms with E-state index >= 15 is 0 Å². The fraction of sp³-hybridized carbons (Fsp3) is 0. The quantitative estimate of drug-likeness (QED) is 0.489. The molecule has 2 aromatic carbocycles. The monoisotopic (exact) mass is 405 g/mol. The van der Waals surface area contributed by atoms with E-state index in [0.717, 1.165) is 11.4 Å². The van der Waals surface area contributed by atoms with Gasteiger partial charge < -0.3 is 20.4 Å². The van der Waals surface area contributed by atoms with Gasteiger partial charge in [-0.1, -0.05) is 23.2 Å². The van der Waals surface area contributed by atoms with Gasteiger partial charge >= 0.3 is 0 Å². The molecule has 1 amide bonds. The number of benzene rings is 2. The van der Waals surface area contributed by atoms with E-state index in [0.29, 0.717) is 20.8 Å². The Labute approximate surface area is 165 Å². The van der Waals surface area contributed by atoms with Crippen LogP contribution in [0.1, 0.15) is 10.6 Å². The van der Waals surface area contributed by atoms with Gasteiger partial charge in [0.25, 0.3) is 5.91 Å². The number of hydrogen-bond donors (Lipinski definition) is 3. The summed E-state index contributed by atoms with van der Waals surface area (Å²) in [4.78, 5) is 11.9. The van der Waals surface area contributed by atoms with Crippen LogP contribution < -0.4 is 16.0 Å². The Balaban J connectivity index is 1.57. The van der Waals surface area contributed by atoms with Gasteiger partial charge in [0.15, 0.2) is 10.9 Å². The molecule has 0 aliphatic heterocycles. The van der Waals surface area contributed by atoms with Crippen molar-refractivity contribution in [2.75, 3.05) is 16.0 Å². The molecule has 5 nitrogen and oxygen atoms in total. The van der Waals surface area contributed by atoms with Crippen LogP contribution in [-0.2, 0) is 0 Å². The summed E-state index contributed by atoms with van der Waals surface area (Å²) in [6.45, 7) is 0. The highest BCUT2D eigenvalue weighted by Crippen LogP contribution is 2.25. The molecule has 1 heterocycles. The Kier molecular flexibility index (Phi) is 5.78. The van der Waals surface area contributed by atoms with Gasteiger partial charge in [-0.3, -0.25) is 4.79 Å². The van der Waals surface area contributed by atoms with Gasteiger partial charge in [0.05, 0.1) is 16.3 Å². The van der Waals surface area contributed by atoms with E-state index in [1.807, 2.05) is 0 Å². The molecule has 0 saturated heterocycles. The summed E-state index contributed by atoms with van der Waals surface area (Å²) in [7, 11) is 0. The fourth-order valence-corrected chi connectivity index (χ4v) is 2.64. The van der Waals surface area contributed by atoms with Crippen molar-refractivity contribution >= 4 is 63.5 Å². The van der Waals surface area contributed by atoms with Crippen molar-refractivity contribution in [2.24, 2.45) is 0 Å². The lowest BCUT2D eigenvalue weighted by Gasteiger charge is -2.12. The summed E-state index contributed by atoms with van der Waals surface area (Å²) in [6.07, 6.45) is 1.45. The van der Waals surface area contributed by atoms with Gasteiger partial charge in [0, 0.05) is 17.1 Å². The molecule has 0 saturated carbocycles. The van der Waals surface area contributed by atoms with E-state index in [4.69, 9.17) is 39.8 Å². The number of nitrogens with one attached hydrogen (secondary N) is 3. The third kappa shape index (κ3) is 4.76. The molecule has 0 fully saturated rings. The zero-order valence-corrected chi connectivity index (χ0v) is 15.6. The van der Waals surface area contributed by atoms with Crippen molar-refractivity contribution in [3.63, 3.8) is 0 Å². The lowest BCUT2D eigenvalue weighted by molar-refractivity contribution is 0.0996. The number of amides is 1. The molecule has 0 aliphatic rings. The topological polar surface area (TPSA) is 66.3 Å². The summed E-state index contributed by atoms with van der Waals surface area (Å²) in [5.41, 5.74) is 2.12. The van der Waals surface area contributed by atoms with Crippen molar-refractivity contribution in [2.45, 2.75) is 0 Å². The Hall–Kier alpha value is -2.54. The highest BCUT2D eigenvalue weighted by Gasteiger charge is 2.08. The van der Waals surface area contributed by atoms with Crippen LogP contribution in [0, 0.1) is 0 Å². The molecule has 3 aromatic rings. The Morgan fingerprint density at radius 2 is 1.46 bits per heavy atom. The van der Waals surface area contributed by atoms with Crippen molar-refractivity contribution in [3.8, 4) is 0 Å². The van der Waals surface area contributed by atoms with Crippen LogP contribution in [0.3, 0.4) is 0 Å². The molecule has 0 bridgehead atoms. The van der Waals surface area contributed by atoms with E-state index in [-0.39, 0.29) is 11.7 Å². The first kappa shape index (κ1) is 18.3. The number of halogens is 2. The van der Waals surface area contributed by atoms with Crippen LogP contribution >= 0.6 is 35.4 Å². The number of rotatable bonds is 4. The smallest absolute Gasteiger partial charge is 0.291 e. The summed E-state index contributed by atoms with van der Waals surface area (Å²) in [5, 5.41) is 10.1. The van der Waals surface area contributed by atoms with Gasteiger partial charge in [-0.25, -0.2) is 0 Å². The molecule has 26 heavy (non-hydrogen) atoms. The molecular weight excluding hydrogens is 393 g/mol. The zero-order valence-electron chi connectivity index (χ0n) is 13.3. The molecule has 0 unspecified atom stereocenters. The molecule has 0 spiro atoms. The Morgan fingerprint density at radius 3 is 2.08 bits per heavy atom. The van der Waals surface area contributed by atoms with E-state index in [1.165, 1.54) is 6.26 Å². The second kappa shape index (κ2) is 8.23. The normalized spacial score (nSPS) is 10.2. The second-order valence-electron chi connectivity index (χ2n) is 5.22. The van der Waals surface area contributed by atoms with Crippen molar-refractivity contribution in [3.05, 3.63) is 76.7 Å². The molecule has 8 heteroatoms. The lowest BCUT2D eigenvalue weighted by atomic mass is 10.2. The number of furan rings is 1. The molecular formula is C18H13Cl2N3O2S. The zero-order chi connectivity index (χ0) is 18.5. The number of carbonyl (C=O) groups is 1. The maximum absolute atomic E-state index is 11.9. The lowest BCUT2D eigenvalue weighted by Crippen LogP contribution is -2.19. The first-order valence-electron chi connectivity index (χ1n) is 7.49. The van der Waals surface area contributed by atoms with Crippen molar-refractivity contribution in [1.29, 1.82) is 0 Å². The third-order valence-corrected chi connectivity index (χ3v) is 4.27. The van der Waals surface area contributed by atoms with Gasteiger partial charge in [-0.05, 0) is 66.8 Å². The van der Waals surface area contributed by atoms with Gasteiger partial charge in [-0.15, -0.1) is 0 Å². The van der Waals surface area contributed by atoms with Crippen LogP contribution in [-0.4, -0.2) is 11.0 Å². The standard InChI is InChI=1S/C18H13Cl2N3O2S/c19-14-8-7-13(10-15(14)20)23-18(26)22-12-5-3-11(4-6-12)21-17(24)16-2-1-9-25-16/h1-10H,(H,21,24)(H2,22,23,26). The largest absolute Gasteiger partial charge is 0.459 e. The van der Waals surface area contributed by atoms with E-state index < -0.39 is 0 Å². The highest BCUT2D eigenvalue weighted by atomic mass is 35.5. The minimum Gasteiger partial charge on any atom is -0.459 e. The van der Waals surface area contributed by atoms with Gasteiger partial charge in [0.1, 0.15) is 0 Å². The first-order valence-corrected chi connectivity index (χ1v) is 8.65.